The van der Waals surface area contributed by atoms with Crippen LogP contribution in [0.3, 0.4) is 0 Å². The number of hydrogen-bond donors (Lipinski definition) is 1. The van der Waals surface area contributed by atoms with E-state index in [9.17, 15) is 0 Å². The Morgan fingerprint density at radius 3 is 3.00 bits per heavy atom. The van der Waals surface area contributed by atoms with Gasteiger partial charge in [-0.3, -0.25) is 0 Å². The molecule has 2 aromatic rings. The molecule has 0 fully saturated rings. The molecule has 0 aliphatic carbocycles. The van der Waals surface area contributed by atoms with Crippen LogP contribution >= 0.6 is 0 Å². The van der Waals surface area contributed by atoms with Crippen LogP contribution in [0.5, 0.6) is 5.75 Å². The summed E-state index contributed by atoms with van der Waals surface area (Å²) in [7, 11) is 0. The van der Waals surface area contributed by atoms with Crippen LogP contribution in [0.15, 0.2) is 41.0 Å². The molecule has 0 saturated heterocycles. The van der Waals surface area contributed by atoms with Gasteiger partial charge in [0.2, 0.25) is 0 Å². The third-order valence-electron chi connectivity index (χ3n) is 2.56. The number of nitrogens with zero attached hydrogens (tertiary/aromatic N) is 1. The number of furan rings is 1. The third-order valence-corrected chi connectivity index (χ3v) is 2.56. The van der Waals surface area contributed by atoms with E-state index in [1.54, 1.807) is 6.26 Å². The van der Waals surface area contributed by atoms with Crippen molar-refractivity contribution in [2.24, 2.45) is 0 Å². The highest BCUT2D eigenvalue weighted by atomic mass is 16.5. The minimum Gasteiger partial charge on any atom is -0.479 e. The molecule has 0 aliphatic rings. The summed E-state index contributed by atoms with van der Waals surface area (Å²) < 4.78 is 10.6. The summed E-state index contributed by atoms with van der Waals surface area (Å²) in [5.74, 6) is 1.59. The molecule has 0 radical (unpaired) electrons. The highest BCUT2D eigenvalue weighted by Gasteiger charge is 2.02. The number of benzene rings is 1. The maximum Gasteiger partial charge on any atom is 0.174 e. The molecular weight excluding hydrogens is 228 g/mol. The molecule has 1 N–H and O–H groups in total. The number of rotatable bonds is 5. The van der Waals surface area contributed by atoms with Gasteiger partial charge in [-0.15, -0.1) is 0 Å². The van der Waals surface area contributed by atoms with Crippen LogP contribution < -0.4 is 10.1 Å². The first-order valence-electron chi connectivity index (χ1n) is 5.66. The lowest BCUT2D eigenvalue weighted by Gasteiger charge is -2.07. The molecule has 0 spiro atoms. The Labute approximate surface area is 106 Å². The predicted octanol–water partition coefficient (Wildman–Crippen LogP) is 3.10. The van der Waals surface area contributed by atoms with E-state index >= 15 is 0 Å². The average Bonchev–Trinajstić information content (AvgIpc) is 2.80. The summed E-state index contributed by atoms with van der Waals surface area (Å²) in [6.07, 6.45) is 1.68. The van der Waals surface area contributed by atoms with Gasteiger partial charge in [0.25, 0.3) is 0 Å². The summed E-state index contributed by atoms with van der Waals surface area (Å²) in [6, 6.07) is 11.4. The van der Waals surface area contributed by atoms with Crippen LogP contribution in [-0.2, 0) is 6.54 Å². The number of anilines is 1. The number of hydrogen-bond acceptors (Lipinski definition) is 4. The quantitative estimate of drug-likeness (QED) is 0.875. The Morgan fingerprint density at radius 1 is 1.39 bits per heavy atom. The summed E-state index contributed by atoms with van der Waals surface area (Å²) in [5, 5.41) is 11.7. The van der Waals surface area contributed by atoms with E-state index in [4.69, 9.17) is 14.4 Å². The third kappa shape index (κ3) is 3.05. The van der Waals surface area contributed by atoms with Crippen LogP contribution in [0.4, 0.5) is 5.69 Å². The van der Waals surface area contributed by atoms with Crippen LogP contribution in [0.2, 0.25) is 0 Å². The van der Waals surface area contributed by atoms with Gasteiger partial charge in [0.1, 0.15) is 17.6 Å². The van der Waals surface area contributed by atoms with E-state index in [1.165, 1.54) is 0 Å². The first kappa shape index (κ1) is 12.1. The minimum atomic E-state index is 0.0563. The van der Waals surface area contributed by atoms with Crippen molar-refractivity contribution in [2.75, 3.05) is 11.9 Å². The van der Waals surface area contributed by atoms with Crippen molar-refractivity contribution >= 4 is 5.69 Å². The lowest BCUT2D eigenvalue weighted by Crippen LogP contribution is -2.00. The summed E-state index contributed by atoms with van der Waals surface area (Å²) in [4.78, 5) is 0. The van der Waals surface area contributed by atoms with E-state index in [0.29, 0.717) is 12.3 Å². The normalized spacial score (nSPS) is 9.78. The van der Waals surface area contributed by atoms with Gasteiger partial charge >= 0.3 is 0 Å². The molecule has 1 aromatic carbocycles. The zero-order valence-corrected chi connectivity index (χ0v) is 10.1. The Morgan fingerprint density at radius 2 is 2.28 bits per heavy atom. The van der Waals surface area contributed by atoms with Crippen molar-refractivity contribution in [3.63, 3.8) is 0 Å². The average molecular weight is 242 g/mol. The maximum absolute atomic E-state index is 8.45. The summed E-state index contributed by atoms with van der Waals surface area (Å²) >= 11 is 0. The fourth-order valence-corrected chi connectivity index (χ4v) is 1.58. The molecular formula is C14H14N2O2. The summed E-state index contributed by atoms with van der Waals surface area (Å²) in [5.41, 5.74) is 2.06. The topological polar surface area (TPSA) is 58.2 Å². The molecule has 0 atom stereocenters. The molecule has 0 amide bonds. The molecule has 4 heteroatoms. The number of ether oxygens (including phenoxy) is 1. The van der Waals surface area contributed by atoms with Gasteiger partial charge < -0.3 is 14.5 Å². The van der Waals surface area contributed by atoms with Gasteiger partial charge in [-0.2, -0.15) is 5.26 Å². The monoisotopic (exact) mass is 242 g/mol. The number of aryl methyl sites for hydroxylation is 1. The molecule has 0 aliphatic heterocycles. The molecule has 0 saturated carbocycles. The number of nitriles is 1. The molecule has 0 bridgehead atoms. The van der Waals surface area contributed by atoms with Crippen LogP contribution in [0.25, 0.3) is 0 Å². The maximum atomic E-state index is 8.45. The Bertz CT molecular complexity index is 555. The van der Waals surface area contributed by atoms with E-state index in [-0.39, 0.29) is 6.61 Å². The first-order valence-corrected chi connectivity index (χ1v) is 5.66. The standard InChI is InChI=1S/C14H14N2O2/c1-11-5-7-18-14(11)10-16-12-3-2-4-13(9-12)17-8-6-15/h2-5,7,9,16H,8,10H2,1H3. The second-order valence-corrected chi connectivity index (χ2v) is 3.85. The van der Waals surface area contributed by atoms with Crippen LogP contribution in [0, 0.1) is 18.3 Å². The molecule has 92 valence electrons. The van der Waals surface area contributed by atoms with Gasteiger partial charge in [0.15, 0.2) is 6.61 Å². The van der Waals surface area contributed by atoms with Gasteiger partial charge in [0.05, 0.1) is 12.8 Å². The highest BCUT2D eigenvalue weighted by molar-refractivity contribution is 5.48. The van der Waals surface area contributed by atoms with E-state index in [2.05, 4.69) is 5.32 Å². The van der Waals surface area contributed by atoms with Crippen molar-refractivity contribution < 1.29 is 9.15 Å². The second-order valence-electron chi connectivity index (χ2n) is 3.85. The Balaban J connectivity index is 1.97. The van der Waals surface area contributed by atoms with Crippen molar-refractivity contribution in [1.29, 1.82) is 5.26 Å². The minimum absolute atomic E-state index is 0.0563. The molecule has 0 unspecified atom stereocenters. The zero-order chi connectivity index (χ0) is 12.8. The lowest BCUT2D eigenvalue weighted by molar-refractivity contribution is 0.368. The fourth-order valence-electron chi connectivity index (χ4n) is 1.58. The highest BCUT2D eigenvalue weighted by Crippen LogP contribution is 2.18. The predicted molar refractivity (Wildman–Crippen MR) is 68.3 cm³/mol. The number of nitrogens with one attached hydrogen (secondary N) is 1. The second kappa shape index (κ2) is 5.78. The SMILES string of the molecule is Cc1ccoc1CNc1cccc(OCC#N)c1. The van der Waals surface area contributed by atoms with Crippen molar-refractivity contribution in [3.8, 4) is 11.8 Å². The molecule has 18 heavy (non-hydrogen) atoms. The van der Waals surface area contributed by atoms with E-state index in [0.717, 1.165) is 17.0 Å². The van der Waals surface area contributed by atoms with Gasteiger partial charge in [-0.1, -0.05) is 6.07 Å². The first-order chi connectivity index (χ1) is 8.79. The Hall–Kier alpha value is -2.41. The fraction of sp³-hybridized carbons (Fsp3) is 0.214. The van der Waals surface area contributed by atoms with Crippen molar-refractivity contribution in [1.82, 2.24) is 0 Å². The van der Waals surface area contributed by atoms with E-state index in [1.807, 2.05) is 43.3 Å². The molecule has 2 rings (SSSR count). The van der Waals surface area contributed by atoms with Gasteiger partial charge in [-0.25, -0.2) is 0 Å². The van der Waals surface area contributed by atoms with E-state index < -0.39 is 0 Å². The summed E-state index contributed by atoms with van der Waals surface area (Å²) in [6.45, 7) is 2.69. The lowest BCUT2D eigenvalue weighted by atomic mass is 10.2. The molecule has 1 heterocycles. The van der Waals surface area contributed by atoms with Crippen molar-refractivity contribution in [2.45, 2.75) is 13.5 Å². The van der Waals surface area contributed by atoms with Gasteiger partial charge in [0, 0.05) is 11.8 Å². The largest absolute Gasteiger partial charge is 0.479 e. The smallest absolute Gasteiger partial charge is 0.174 e. The Kier molecular flexibility index (Phi) is 3.87. The van der Waals surface area contributed by atoms with Crippen LogP contribution in [-0.4, -0.2) is 6.61 Å². The van der Waals surface area contributed by atoms with Crippen molar-refractivity contribution in [3.05, 3.63) is 47.9 Å². The molecule has 4 nitrogen and oxygen atoms in total. The van der Waals surface area contributed by atoms with Crippen LogP contribution in [0.1, 0.15) is 11.3 Å². The zero-order valence-electron chi connectivity index (χ0n) is 10.1. The molecule has 1 aromatic heterocycles. The van der Waals surface area contributed by atoms with Gasteiger partial charge in [-0.05, 0) is 30.7 Å².